The molecule has 1 aromatic rings. The molecular formula is C24H33N3O8. The van der Waals surface area contributed by atoms with E-state index >= 15 is 0 Å². The standard InChI is InChI=1S/C24H33N3O8/c1-5-33-22(28)20-16(14-27-8-6-24(7-9-27)34-10-11-35-24)25-23(29)26-21(20)15-12-18(31-3)19(32-4)13-17(15)30-2/h12-13,21H,5-11,14H2,1-4H3,(H2,25,26,29)/t21-/m1/s1. The number of piperidine rings is 1. The lowest BCUT2D eigenvalue weighted by atomic mass is 9.93. The molecule has 1 spiro atoms. The first-order chi connectivity index (χ1) is 16.9. The Labute approximate surface area is 204 Å². The number of carbonyl (C=O) groups is 2. The number of hydrogen-bond acceptors (Lipinski definition) is 9. The van der Waals surface area contributed by atoms with Crippen LogP contribution in [0.5, 0.6) is 17.2 Å². The number of esters is 1. The Kier molecular flexibility index (Phi) is 7.68. The van der Waals surface area contributed by atoms with Crippen molar-refractivity contribution in [3.63, 3.8) is 0 Å². The van der Waals surface area contributed by atoms with Crippen molar-refractivity contribution < 1.29 is 38.0 Å². The van der Waals surface area contributed by atoms with Gasteiger partial charge in [0.05, 0.1) is 52.8 Å². The summed E-state index contributed by atoms with van der Waals surface area (Å²) in [7, 11) is 4.55. The number of rotatable bonds is 8. The zero-order valence-corrected chi connectivity index (χ0v) is 20.6. The molecule has 2 fully saturated rings. The van der Waals surface area contributed by atoms with Crippen LogP contribution in [0.1, 0.15) is 31.4 Å². The summed E-state index contributed by atoms with van der Waals surface area (Å²) in [6, 6.07) is 2.12. The average molecular weight is 492 g/mol. The number of amides is 2. The van der Waals surface area contributed by atoms with Crippen LogP contribution in [0.25, 0.3) is 0 Å². The molecule has 11 heteroatoms. The second-order valence-corrected chi connectivity index (χ2v) is 8.48. The average Bonchev–Trinajstić information content (AvgIpc) is 3.32. The van der Waals surface area contributed by atoms with Gasteiger partial charge in [0.25, 0.3) is 0 Å². The van der Waals surface area contributed by atoms with Gasteiger partial charge in [0.1, 0.15) is 5.75 Å². The number of nitrogens with one attached hydrogen (secondary N) is 2. The van der Waals surface area contributed by atoms with Crippen LogP contribution in [0, 0.1) is 0 Å². The van der Waals surface area contributed by atoms with E-state index < -0.39 is 23.8 Å². The minimum atomic E-state index is -0.815. The summed E-state index contributed by atoms with van der Waals surface area (Å²) in [6.45, 7) is 4.92. The highest BCUT2D eigenvalue weighted by atomic mass is 16.7. The highest BCUT2D eigenvalue weighted by Gasteiger charge is 2.41. The fourth-order valence-corrected chi connectivity index (χ4v) is 4.77. The summed E-state index contributed by atoms with van der Waals surface area (Å²) in [6.07, 6.45) is 1.43. The molecule has 3 aliphatic rings. The topological polar surface area (TPSA) is 117 Å². The van der Waals surface area contributed by atoms with Crippen molar-refractivity contribution in [3.05, 3.63) is 29.0 Å². The van der Waals surface area contributed by atoms with Crippen LogP contribution in [0.4, 0.5) is 4.79 Å². The first-order valence-corrected chi connectivity index (χ1v) is 11.7. The van der Waals surface area contributed by atoms with Crippen molar-refractivity contribution in [2.24, 2.45) is 0 Å². The molecule has 35 heavy (non-hydrogen) atoms. The number of methoxy groups -OCH3 is 3. The molecule has 0 unspecified atom stereocenters. The van der Waals surface area contributed by atoms with E-state index in [-0.39, 0.29) is 6.61 Å². The Bertz CT molecular complexity index is 979. The van der Waals surface area contributed by atoms with Gasteiger partial charge >= 0.3 is 12.0 Å². The quantitative estimate of drug-likeness (QED) is 0.524. The third kappa shape index (κ3) is 5.16. The lowest BCUT2D eigenvalue weighted by Gasteiger charge is -2.39. The van der Waals surface area contributed by atoms with Gasteiger partial charge in [0, 0.05) is 49.8 Å². The van der Waals surface area contributed by atoms with E-state index in [1.807, 2.05) is 0 Å². The van der Waals surface area contributed by atoms with Gasteiger partial charge in [-0.3, -0.25) is 4.90 Å². The lowest BCUT2D eigenvalue weighted by Crippen LogP contribution is -2.51. The number of ether oxygens (including phenoxy) is 6. The second kappa shape index (κ2) is 10.7. The Morgan fingerprint density at radius 2 is 1.69 bits per heavy atom. The molecule has 0 aromatic heterocycles. The fraction of sp³-hybridized carbons (Fsp3) is 0.583. The molecule has 1 aromatic carbocycles. The number of hydrogen-bond donors (Lipinski definition) is 2. The first-order valence-electron chi connectivity index (χ1n) is 11.7. The van der Waals surface area contributed by atoms with Gasteiger partial charge in [-0.1, -0.05) is 0 Å². The normalized spacial score (nSPS) is 21.9. The molecule has 2 amide bonds. The van der Waals surface area contributed by atoms with Gasteiger partial charge in [0.2, 0.25) is 0 Å². The van der Waals surface area contributed by atoms with Gasteiger partial charge in [-0.15, -0.1) is 0 Å². The van der Waals surface area contributed by atoms with E-state index in [1.54, 1.807) is 19.1 Å². The van der Waals surface area contributed by atoms with Crippen molar-refractivity contribution in [2.75, 3.05) is 60.8 Å². The molecule has 192 valence electrons. The first kappa shape index (κ1) is 25.1. The highest BCUT2D eigenvalue weighted by molar-refractivity contribution is 5.95. The second-order valence-electron chi connectivity index (χ2n) is 8.48. The molecule has 0 saturated carbocycles. The summed E-state index contributed by atoms with van der Waals surface area (Å²) in [5.41, 5.74) is 1.34. The van der Waals surface area contributed by atoms with Crippen LogP contribution in [-0.2, 0) is 19.0 Å². The molecule has 3 aliphatic heterocycles. The maximum Gasteiger partial charge on any atom is 0.338 e. The summed E-state index contributed by atoms with van der Waals surface area (Å²) in [5.74, 6) is 0.314. The molecule has 1 atom stereocenters. The summed E-state index contributed by atoms with van der Waals surface area (Å²) in [5, 5.41) is 5.68. The highest BCUT2D eigenvalue weighted by Crippen LogP contribution is 2.41. The molecule has 3 heterocycles. The van der Waals surface area contributed by atoms with Crippen LogP contribution in [0.2, 0.25) is 0 Å². The van der Waals surface area contributed by atoms with Crippen molar-refractivity contribution in [1.82, 2.24) is 15.5 Å². The van der Waals surface area contributed by atoms with Crippen molar-refractivity contribution in [2.45, 2.75) is 31.6 Å². The smallest absolute Gasteiger partial charge is 0.338 e. The number of nitrogens with zero attached hydrogens (tertiary/aromatic N) is 1. The number of benzene rings is 1. The molecule has 4 rings (SSSR count). The molecule has 0 bridgehead atoms. The van der Waals surface area contributed by atoms with E-state index in [0.29, 0.717) is 79.8 Å². The van der Waals surface area contributed by atoms with Crippen LogP contribution < -0.4 is 24.8 Å². The van der Waals surface area contributed by atoms with E-state index in [0.717, 1.165) is 0 Å². The summed E-state index contributed by atoms with van der Waals surface area (Å²) in [4.78, 5) is 28.1. The third-order valence-electron chi connectivity index (χ3n) is 6.51. The van der Waals surface area contributed by atoms with Crippen LogP contribution in [0.3, 0.4) is 0 Å². The van der Waals surface area contributed by atoms with Gasteiger partial charge in [-0.2, -0.15) is 0 Å². The molecule has 11 nitrogen and oxygen atoms in total. The summed E-state index contributed by atoms with van der Waals surface area (Å²) >= 11 is 0. The number of likely N-dealkylation sites (tertiary alicyclic amines) is 1. The van der Waals surface area contributed by atoms with Crippen LogP contribution >= 0.6 is 0 Å². The van der Waals surface area contributed by atoms with Gasteiger partial charge in [-0.05, 0) is 13.0 Å². The van der Waals surface area contributed by atoms with E-state index in [4.69, 9.17) is 28.4 Å². The van der Waals surface area contributed by atoms with Crippen molar-refractivity contribution in [1.29, 1.82) is 0 Å². The zero-order valence-electron chi connectivity index (χ0n) is 20.6. The Morgan fingerprint density at radius 3 is 2.29 bits per heavy atom. The predicted octanol–water partition coefficient (Wildman–Crippen LogP) is 1.72. The fourth-order valence-electron chi connectivity index (χ4n) is 4.77. The molecule has 0 radical (unpaired) electrons. The lowest BCUT2D eigenvalue weighted by molar-refractivity contribution is -0.184. The van der Waals surface area contributed by atoms with Gasteiger partial charge in [0.15, 0.2) is 17.3 Å². The van der Waals surface area contributed by atoms with E-state index in [9.17, 15) is 9.59 Å². The largest absolute Gasteiger partial charge is 0.496 e. The van der Waals surface area contributed by atoms with Gasteiger partial charge in [-0.25, -0.2) is 9.59 Å². The van der Waals surface area contributed by atoms with Crippen molar-refractivity contribution >= 4 is 12.0 Å². The van der Waals surface area contributed by atoms with E-state index in [1.165, 1.54) is 21.3 Å². The Hall–Kier alpha value is -3.02. The maximum atomic E-state index is 13.2. The van der Waals surface area contributed by atoms with Crippen LogP contribution in [-0.4, -0.2) is 83.5 Å². The van der Waals surface area contributed by atoms with Crippen LogP contribution in [0.15, 0.2) is 23.4 Å². The third-order valence-corrected chi connectivity index (χ3v) is 6.51. The predicted molar refractivity (Wildman–Crippen MR) is 124 cm³/mol. The van der Waals surface area contributed by atoms with E-state index in [2.05, 4.69) is 15.5 Å². The Morgan fingerprint density at radius 1 is 1.06 bits per heavy atom. The molecule has 2 N–H and O–H groups in total. The minimum Gasteiger partial charge on any atom is -0.496 e. The SMILES string of the molecule is CCOC(=O)C1=C(CN2CCC3(CC2)OCCO3)NC(=O)N[C@@H]1c1cc(OC)c(OC)cc1OC. The molecule has 2 saturated heterocycles. The summed E-state index contributed by atoms with van der Waals surface area (Å²) < 4.78 is 33.5. The number of carbonyl (C=O) groups excluding carboxylic acids is 2. The number of urea groups is 1. The molecular weight excluding hydrogens is 458 g/mol. The monoisotopic (exact) mass is 491 g/mol. The zero-order chi connectivity index (χ0) is 25.0. The van der Waals surface area contributed by atoms with Gasteiger partial charge < -0.3 is 39.1 Å². The molecule has 0 aliphatic carbocycles. The minimum absolute atomic E-state index is 0.195. The van der Waals surface area contributed by atoms with Crippen molar-refractivity contribution in [3.8, 4) is 17.2 Å². The Balaban J connectivity index is 1.69. The maximum absolute atomic E-state index is 13.2.